The molecular weight excluding hydrogens is 510 g/mol. The Labute approximate surface area is 245 Å². The minimum Gasteiger partial charge on any atom is -0.388 e. The number of pyridine rings is 1. The van der Waals surface area contributed by atoms with Gasteiger partial charge in [-0.3, -0.25) is 4.79 Å². The Balaban J connectivity index is 0.000000226. The lowest BCUT2D eigenvalue weighted by Gasteiger charge is -2.23. The van der Waals surface area contributed by atoms with Gasteiger partial charge in [-0.1, -0.05) is 58.6 Å². The summed E-state index contributed by atoms with van der Waals surface area (Å²) in [6.45, 7) is 10.5. The highest BCUT2D eigenvalue weighted by Gasteiger charge is 2.19. The van der Waals surface area contributed by atoms with Gasteiger partial charge in [-0.15, -0.1) is 0 Å². The number of H-pyrrole nitrogens is 1. The van der Waals surface area contributed by atoms with Gasteiger partial charge in [-0.05, 0) is 67.6 Å². The van der Waals surface area contributed by atoms with Crippen LogP contribution >= 0.6 is 0 Å². The molecule has 220 valence electrons. The van der Waals surface area contributed by atoms with Crippen molar-refractivity contribution in [2.45, 2.75) is 66.7 Å². The maximum atomic E-state index is 10.4. The predicted octanol–water partition coefficient (Wildman–Crippen LogP) is 8.25. The second-order valence-electron chi connectivity index (χ2n) is 10.5. The summed E-state index contributed by atoms with van der Waals surface area (Å²) in [7, 11) is 3.75. The number of imidazole rings is 1. The fraction of sp³-hybridized carbons (Fsp3) is 0.412. The molecule has 1 aliphatic carbocycles. The van der Waals surface area contributed by atoms with Crippen LogP contribution in [0.1, 0.15) is 74.4 Å². The average Bonchev–Trinajstić information content (AvgIpc) is 3.43. The van der Waals surface area contributed by atoms with Crippen molar-refractivity contribution in [2.75, 3.05) is 24.7 Å². The van der Waals surface area contributed by atoms with Crippen molar-refractivity contribution in [1.29, 1.82) is 0 Å². The quantitative estimate of drug-likeness (QED) is 0.214. The van der Waals surface area contributed by atoms with E-state index >= 15 is 0 Å². The van der Waals surface area contributed by atoms with E-state index in [1.54, 1.807) is 6.20 Å². The van der Waals surface area contributed by atoms with E-state index in [0.29, 0.717) is 11.8 Å². The highest BCUT2D eigenvalue weighted by Crippen LogP contribution is 2.27. The molecule has 0 saturated heterocycles. The van der Waals surface area contributed by atoms with Crippen LogP contribution < -0.4 is 10.6 Å². The van der Waals surface area contributed by atoms with E-state index in [4.69, 9.17) is 0 Å². The number of carbonyl (C=O) groups excluding carboxylic acids is 2. The molecule has 0 bridgehead atoms. The number of fused-ring (bicyclic) bond motifs is 1. The number of aromatic amines is 1. The lowest BCUT2D eigenvalue weighted by atomic mass is 9.81. The number of hydrogen-bond donors (Lipinski definition) is 3. The Kier molecular flexibility index (Phi) is 14.3. The molecule has 7 heteroatoms. The van der Waals surface area contributed by atoms with Gasteiger partial charge in [0.1, 0.15) is 24.2 Å². The van der Waals surface area contributed by atoms with Crippen LogP contribution in [0, 0.1) is 25.7 Å². The zero-order valence-corrected chi connectivity index (χ0v) is 25.8. The molecule has 2 aromatic heterocycles. The Hall–Kier alpha value is -4.00. The molecule has 0 amide bonds. The molecule has 41 heavy (non-hydrogen) atoms. The number of aldehydes is 2. The van der Waals surface area contributed by atoms with Crippen LogP contribution in [0.3, 0.4) is 0 Å². The van der Waals surface area contributed by atoms with Crippen LogP contribution in [-0.4, -0.2) is 41.6 Å². The molecule has 0 spiro atoms. The van der Waals surface area contributed by atoms with Gasteiger partial charge < -0.3 is 20.4 Å². The summed E-state index contributed by atoms with van der Waals surface area (Å²) in [4.78, 5) is 32.8. The van der Waals surface area contributed by atoms with Crippen molar-refractivity contribution in [3.05, 3.63) is 71.4 Å². The Morgan fingerprint density at radius 2 is 1.61 bits per heavy atom. The number of hydrogen-bond acceptors (Lipinski definition) is 6. The smallest absolute Gasteiger partial charge is 0.150 e. The van der Waals surface area contributed by atoms with Gasteiger partial charge in [-0.25, -0.2) is 9.97 Å². The highest BCUT2D eigenvalue weighted by atomic mass is 16.1. The summed E-state index contributed by atoms with van der Waals surface area (Å²) < 4.78 is 0. The standard InChI is InChI=1S/C14H15N5.C9H10O.C8H14O.C3H8/c1-15-10-5-3-9(4-6-10)14-18-11-7-13(16-2)17-8-12(11)19-14;1-7-3-4-9(6-10)5-8(7)2;1-7-4-2-3-5-8(7)6-9;1-3-2/h3-8,15H,1-2H3,(H,16,17)(H,18,19);3-6H,1-2H3;6-8H,2-5H2,1H3;3H2,1-2H3. The number of anilines is 2. The predicted molar refractivity (Wildman–Crippen MR) is 173 cm³/mol. The number of aromatic nitrogens is 3. The van der Waals surface area contributed by atoms with Gasteiger partial charge in [0, 0.05) is 42.9 Å². The minimum absolute atomic E-state index is 0.374. The summed E-state index contributed by atoms with van der Waals surface area (Å²) in [6, 6.07) is 15.7. The van der Waals surface area contributed by atoms with E-state index in [9.17, 15) is 9.59 Å². The van der Waals surface area contributed by atoms with Gasteiger partial charge in [0.15, 0.2) is 0 Å². The van der Waals surface area contributed by atoms with Crippen LogP contribution in [0.15, 0.2) is 54.7 Å². The topological polar surface area (TPSA) is 99.8 Å². The van der Waals surface area contributed by atoms with Gasteiger partial charge in [0.25, 0.3) is 0 Å². The fourth-order valence-electron chi connectivity index (χ4n) is 4.36. The third kappa shape index (κ3) is 10.5. The molecule has 1 saturated carbocycles. The molecule has 5 rings (SSSR count). The molecule has 3 N–H and O–H groups in total. The molecule has 2 aromatic carbocycles. The summed E-state index contributed by atoms with van der Waals surface area (Å²) in [6.07, 6.45) is 10.0. The van der Waals surface area contributed by atoms with Crippen molar-refractivity contribution in [3.8, 4) is 11.4 Å². The Bertz CT molecular complexity index is 1350. The molecule has 0 aliphatic heterocycles. The first-order valence-electron chi connectivity index (χ1n) is 14.6. The van der Waals surface area contributed by atoms with Crippen LogP contribution in [-0.2, 0) is 4.79 Å². The van der Waals surface area contributed by atoms with Gasteiger partial charge in [0.05, 0.1) is 17.2 Å². The molecule has 7 nitrogen and oxygen atoms in total. The number of rotatable bonds is 5. The summed E-state index contributed by atoms with van der Waals surface area (Å²) in [5.41, 5.74) is 7.14. The van der Waals surface area contributed by atoms with Gasteiger partial charge in [0.2, 0.25) is 0 Å². The van der Waals surface area contributed by atoms with Crippen LogP contribution in [0.25, 0.3) is 22.4 Å². The van der Waals surface area contributed by atoms with E-state index in [1.165, 1.54) is 36.8 Å². The number of nitrogens with one attached hydrogen (secondary N) is 3. The number of carbonyl (C=O) groups is 2. The third-order valence-electron chi connectivity index (χ3n) is 7.09. The Morgan fingerprint density at radius 3 is 2.15 bits per heavy atom. The average molecular weight is 558 g/mol. The first-order chi connectivity index (χ1) is 19.8. The summed E-state index contributed by atoms with van der Waals surface area (Å²) in [5, 5.41) is 6.11. The third-order valence-corrected chi connectivity index (χ3v) is 7.09. The molecule has 2 atom stereocenters. The van der Waals surface area contributed by atoms with Crippen molar-refractivity contribution < 1.29 is 9.59 Å². The maximum absolute atomic E-state index is 10.4. The van der Waals surface area contributed by atoms with Crippen molar-refractivity contribution in [1.82, 2.24) is 15.0 Å². The monoisotopic (exact) mass is 557 g/mol. The highest BCUT2D eigenvalue weighted by molar-refractivity contribution is 5.81. The first-order valence-corrected chi connectivity index (χ1v) is 14.6. The molecule has 0 radical (unpaired) electrons. The van der Waals surface area contributed by atoms with Crippen LogP contribution in [0.5, 0.6) is 0 Å². The van der Waals surface area contributed by atoms with Crippen molar-refractivity contribution >= 4 is 35.1 Å². The number of benzene rings is 2. The Morgan fingerprint density at radius 1 is 0.927 bits per heavy atom. The summed E-state index contributed by atoms with van der Waals surface area (Å²) >= 11 is 0. The molecular formula is C34H47N5O2. The zero-order valence-electron chi connectivity index (χ0n) is 25.8. The zero-order chi connectivity index (χ0) is 30.2. The summed E-state index contributed by atoms with van der Waals surface area (Å²) in [5.74, 6) is 2.69. The van der Waals surface area contributed by atoms with Crippen molar-refractivity contribution in [2.24, 2.45) is 11.8 Å². The lowest BCUT2D eigenvalue weighted by Crippen LogP contribution is -2.17. The number of aryl methyl sites for hydroxylation is 2. The molecule has 2 unspecified atom stereocenters. The minimum atomic E-state index is 0.374. The largest absolute Gasteiger partial charge is 0.388 e. The van der Waals surface area contributed by atoms with Crippen LogP contribution in [0.2, 0.25) is 0 Å². The van der Waals surface area contributed by atoms with Gasteiger partial charge in [-0.2, -0.15) is 0 Å². The molecule has 2 heterocycles. The second-order valence-corrected chi connectivity index (χ2v) is 10.5. The van der Waals surface area contributed by atoms with E-state index in [2.05, 4.69) is 46.4 Å². The SMILES string of the molecule is CC1CCCCC1C=O.CCC.CNc1ccc(-c2nc3cc(NC)ncc3[nH]2)cc1.Cc1ccc(C=O)cc1C. The number of nitrogens with zero attached hydrogens (tertiary/aromatic N) is 2. The van der Waals surface area contributed by atoms with E-state index in [0.717, 1.165) is 58.5 Å². The van der Waals surface area contributed by atoms with E-state index in [-0.39, 0.29) is 0 Å². The molecule has 1 aliphatic rings. The van der Waals surface area contributed by atoms with Crippen LogP contribution in [0.4, 0.5) is 11.5 Å². The van der Waals surface area contributed by atoms with Crippen molar-refractivity contribution in [3.63, 3.8) is 0 Å². The maximum Gasteiger partial charge on any atom is 0.150 e. The van der Waals surface area contributed by atoms with E-state index in [1.807, 2.05) is 76.5 Å². The fourth-order valence-corrected chi connectivity index (χ4v) is 4.36. The molecule has 1 fully saturated rings. The normalized spacial score (nSPS) is 15.6. The van der Waals surface area contributed by atoms with E-state index < -0.39 is 0 Å². The first kappa shape index (κ1) is 33.2. The lowest BCUT2D eigenvalue weighted by molar-refractivity contribution is -0.113. The molecule has 4 aromatic rings. The van der Waals surface area contributed by atoms with Gasteiger partial charge >= 0.3 is 0 Å². The second kappa shape index (κ2) is 17.6.